The van der Waals surface area contributed by atoms with Gasteiger partial charge in [-0.1, -0.05) is 46.1 Å². The lowest BCUT2D eigenvalue weighted by Gasteiger charge is -2.31. The second kappa shape index (κ2) is 10.2. The van der Waals surface area contributed by atoms with E-state index >= 15 is 0 Å². The van der Waals surface area contributed by atoms with Crippen molar-refractivity contribution < 1.29 is 14.7 Å². The van der Waals surface area contributed by atoms with Gasteiger partial charge in [-0.2, -0.15) is 0 Å². The van der Waals surface area contributed by atoms with Crippen LogP contribution in [0.1, 0.15) is 86.4 Å². The topological polar surface area (TPSA) is 72.2 Å². The molecule has 0 bridgehead atoms. The summed E-state index contributed by atoms with van der Waals surface area (Å²) in [4.78, 5) is 31.0. The molecule has 6 heteroatoms. The summed E-state index contributed by atoms with van der Waals surface area (Å²) in [5.74, 6) is -0.0735. The molecule has 1 aliphatic rings. The van der Waals surface area contributed by atoms with Crippen LogP contribution in [-0.4, -0.2) is 26.4 Å². The van der Waals surface area contributed by atoms with Gasteiger partial charge in [0.1, 0.15) is 5.82 Å². The van der Waals surface area contributed by atoms with Crippen LogP contribution < -0.4 is 0 Å². The van der Waals surface area contributed by atoms with Crippen molar-refractivity contribution in [3.05, 3.63) is 52.0 Å². The molecule has 33 heavy (non-hydrogen) atoms. The quantitative estimate of drug-likeness (QED) is 0.354. The van der Waals surface area contributed by atoms with Crippen LogP contribution in [0.2, 0.25) is 0 Å². The van der Waals surface area contributed by atoms with E-state index in [1.54, 1.807) is 11.3 Å². The molecule has 1 aliphatic carbocycles. The number of Topliss-reactive ketones (excluding diaryl/α,β-unsaturated/α-hetero) is 1. The second-order valence-corrected chi connectivity index (χ2v) is 10.7. The maximum absolute atomic E-state index is 13.0. The Morgan fingerprint density at radius 3 is 2.70 bits per heavy atom. The van der Waals surface area contributed by atoms with Crippen molar-refractivity contribution in [2.24, 2.45) is 17.8 Å². The molecule has 0 aliphatic heterocycles. The number of hydrogen-bond acceptors (Lipinski definition) is 4. The van der Waals surface area contributed by atoms with Gasteiger partial charge in [-0.3, -0.25) is 9.59 Å². The average molecular weight is 467 g/mol. The lowest BCUT2D eigenvalue weighted by Crippen LogP contribution is -2.24. The molecule has 2 aromatic heterocycles. The first-order valence-corrected chi connectivity index (χ1v) is 13.1. The fourth-order valence-corrected chi connectivity index (χ4v) is 5.90. The van der Waals surface area contributed by atoms with E-state index in [0.29, 0.717) is 17.5 Å². The molecule has 4 atom stereocenters. The first-order chi connectivity index (χ1) is 15.9. The van der Waals surface area contributed by atoms with Gasteiger partial charge in [0.15, 0.2) is 5.78 Å². The van der Waals surface area contributed by atoms with Gasteiger partial charge in [0, 0.05) is 29.3 Å². The van der Waals surface area contributed by atoms with E-state index < -0.39 is 11.9 Å². The standard InChI is InChI=1S/C27H34N2O3S/c1-4-17(2)21(27(31)32)16-25(30)19-11-12-24-22(14-19)28-26(15-20-9-7-13-33-20)29(24)23-10-6-5-8-18(23)3/h7,9,11-14,17-18,21,23H,4-6,8,10,15-16H2,1-3H3,(H,31,32)/t17-,18+,21-,23+/m0/s1. The highest BCUT2D eigenvalue weighted by Crippen LogP contribution is 2.37. The van der Waals surface area contributed by atoms with E-state index in [9.17, 15) is 14.7 Å². The fraction of sp³-hybridized carbons (Fsp3) is 0.519. The number of aliphatic carboxylic acids is 1. The third-order valence-corrected chi connectivity index (χ3v) is 8.32. The molecule has 2 heterocycles. The number of carbonyl (C=O) groups excluding carboxylic acids is 1. The number of hydrogen-bond donors (Lipinski definition) is 1. The Morgan fingerprint density at radius 1 is 1.24 bits per heavy atom. The zero-order valence-electron chi connectivity index (χ0n) is 19.8. The number of carbonyl (C=O) groups is 2. The van der Waals surface area contributed by atoms with Gasteiger partial charge >= 0.3 is 5.97 Å². The Morgan fingerprint density at radius 2 is 2.03 bits per heavy atom. The van der Waals surface area contributed by atoms with E-state index in [0.717, 1.165) is 36.1 Å². The highest BCUT2D eigenvalue weighted by atomic mass is 32.1. The number of benzene rings is 1. The normalized spacial score (nSPS) is 20.6. The summed E-state index contributed by atoms with van der Waals surface area (Å²) >= 11 is 1.74. The van der Waals surface area contributed by atoms with Crippen molar-refractivity contribution in [3.8, 4) is 0 Å². The van der Waals surface area contributed by atoms with Crippen LogP contribution in [0, 0.1) is 17.8 Å². The Bertz CT molecular complexity index is 1120. The summed E-state index contributed by atoms with van der Waals surface area (Å²) in [7, 11) is 0. The van der Waals surface area contributed by atoms with Crippen LogP contribution in [0.15, 0.2) is 35.7 Å². The van der Waals surface area contributed by atoms with Gasteiger partial charge in [-0.25, -0.2) is 4.98 Å². The molecule has 0 spiro atoms. The smallest absolute Gasteiger partial charge is 0.307 e. The molecule has 3 aromatic rings. The van der Waals surface area contributed by atoms with Crippen LogP contribution in [0.25, 0.3) is 11.0 Å². The molecule has 5 nitrogen and oxygen atoms in total. The van der Waals surface area contributed by atoms with Gasteiger partial charge in [-0.15, -0.1) is 11.3 Å². The van der Waals surface area contributed by atoms with E-state index in [1.165, 1.54) is 24.1 Å². The van der Waals surface area contributed by atoms with Crippen LogP contribution >= 0.6 is 11.3 Å². The number of thiophene rings is 1. The molecular weight excluding hydrogens is 432 g/mol. The van der Waals surface area contributed by atoms with Crippen molar-refractivity contribution in [1.82, 2.24) is 9.55 Å². The van der Waals surface area contributed by atoms with Crippen LogP contribution in [0.5, 0.6) is 0 Å². The molecule has 4 rings (SSSR count). The predicted molar refractivity (Wildman–Crippen MR) is 133 cm³/mol. The SMILES string of the molecule is CC[C@H](C)[C@H](CC(=O)c1ccc2c(c1)nc(Cc1cccs1)n2[C@@H]1CCCC[C@H]1C)C(=O)O. The summed E-state index contributed by atoms with van der Waals surface area (Å²) < 4.78 is 2.42. The number of nitrogens with zero attached hydrogens (tertiary/aromatic N) is 2. The summed E-state index contributed by atoms with van der Waals surface area (Å²) in [6.45, 7) is 6.20. The third kappa shape index (κ3) is 5.06. The lowest BCUT2D eigenvalue weighted by atomic mass is 9.85. The zero-order valence-corrected chi connectivity index (χ0v) is 20.6. The zero-order chi connectivity index (χ0) is 23.5. The molecular formula is C27H34N2O3S. The number of carboxylic acids is 1. The van der Waals surface area contributed by atoms with Gasteiger partial charge in [0.25, 0.3) is 0 Å². The minimum absolute atomic E-state index is 0.0261. The molecule has 1 N–H and O–H groups in total. The van der Waals surface area contributed by atoms with Gasteiger partial charge < -0.3 is 9.67 Å². The van der Waals surface area contributed by atoms with Crippen LogP contribution in [0.3, 0.4) is 0 Å². The Balaban J connectivity index is 1.70. The Labute approximate surface area is 199 Å². The minimum Gasteiger partial charge on any atom is -0.481 e. The average Bonchev–Trinajstić information content (AvgIpc) is 3.44. The fourth-order valence-electron chi connectivity index (χ4n) is 5.20. The molecule has 0 radical (unpaired) electrons. The number of carboxylic acid groups (broad SMARTS) is 1. The summed E-state index contributed by atoms with van der Waals surface area (Å²) in [6.07, 6.45) is 6.44. The number of aromatic nitrogens is 2. The molecule has 1 fully saturated rings. The number of ketones is 1. The second-order valence-electron chi connectivity index (χ2n) is 9.64. The largest absolute Gasteiger partial charge is 0.481 e. The van der Waals surface area contributed by atoms with E-state index in [-0.39, 0.29) is 18.1 Å². The lowest BCUT2D eigenvalue weighted by molar-refractivity contribution is -0.143. The van der Waals surface area contributed by atoms with Crippen molar-refractivity contribution in [2.75, 3.05) is 0 Å². The van der Waals surface area contributed by atoms with E-state index in [4.69, 9.17) is 4.98 Å². The van der Waals surface area contributed by atoms with Crippen molar-refractivity contribution in [2.45, 2.75) is 71.8 Å². The first kappa shape index (κ1) is 23.7. The van der Waals surface area contributed by atoms with Crippen molar-refractivity contribution >= 4 is 34.1 Å². The molecule has 0 unspecified atom stereocenters. The van der Waals surface area contributed by atoms with Crippen LogP contribution in [0.4, 0.5) is 0 Å². The number of imidazole rings is 1. The molecule has 176 valence electrons. The van der Waals surface area contributed by atoms with E-state index in [2.05, 4.69) is 29.0 Å². The van der Waals surface area contributed by atoms with Gasteiger partial charge in [0.2, 0.25) is 0 Å². The predicted octanol–water partition coefficient (Wildman–Crippen LogP) is 6.76. The highest BCUT2D eigenvalue weighted by molar-refractivity contribution is 7.09. The minimum atomic E-state index is -0.896. The molecule has 0 saturated heterocycles. The van der Waals surface area contributed by atoms with Crippen molar-refractivity contribution in [3.63, 3.8) is 0 Å². The maximum Gasteiger partial charge on any atom is 0.307 e. The maximum atomic E-state index is 13.0. The first-order valence-electron chi connectivity index (χ1n) is 12.2. The van der Waals surface area contributed by atoms with Crippen molar-refractivity contribution in [1.29, 1.82) is 0 Å². The highest BCUT2D eigenvalue weighted by Gasteiger charge is 2.29. The summed E-state index contributed by atoms with van der Waals surface area (Å²) in [6, 6.07) is 10.4. The Kier molecular flexibility index (Phi) is 7.32. The van der Waals surface area contributed by atoms with Gasteiger partial charge in [0.05, 0.1) is 17.0 Å². The van der Waals surface area contributed by atoms with E-state index in [1.807, 2.05) is 32.0 Å². The Hall–Kier alpha value is -2.47. The summed E-state index contributed by atoms with van der Waals surface area (Å²) in [5.41, 5.74) is 2.47. The third-order valence-electron chi connectivity index (χ3n) is 7.45. The molecule has 1 saturated carbocycles. The number of rotatable bonds is 9. The van der Waals surface area contributed by atoms with Gasteiger partial charge in [-0.05, 0) is 54.3 Å². The molecule has 1 aromatic carbocycles. The summed E-state index contributed by atoms with van der Waals surface area (Å²) in [5, 5.41) is 11.7. The van der Waals surface area contributed by atoms with Crippen LogP contribution in [-0.2, 0) is 11.2 Å². The molecule has 0 amide bonds. The monoisotopic (exact) mass is 466 g/mol. The number of fused-ring (bicyclic) bond motifs is 1.